The standard InChI is InChI=1S/C15H18FN5O2S/c1-21-13(7-6-12(17)22)19-20-15(21)24-9-14(23)18-8-10-4-2-3-5-11(10)16/h2-5H,6-9H2,1H3,(H2,17,22)(H,18,23). The van der Waals surface area contributed by atoms with Crippen molar-refractivity contribution < 1.29 is 14.0 Å². The summed E-state index contributed by atoms with van der Waals surface area (Å²) in [5.74, 6) is -0.221. The molecular weight excluding hydrogens is 333 g/mol. The van der Waals surface area contributed by atoms with Crippen LogP contribution in [0.15, 0.2) is 29.4 Å². The van der Waals surface area contributed by atoms with Gasteiger partial charge in [-0.3, -0.25) is 9.59 Å². The fraction of sp³-hybridized carbons (Fsp3) is 0.333. The van der Waals surface area contributed by atoms with E-state index < -0.39 is 5.91 Å². The summed E-state index contributed by atoms with van der Waals surface area (Å²) in [7, 11) is 1.76. The predicted molar refractivity (Wildman–Crippen MR) is 87.5 cm³/mol. The zero-order valence-electron chi connectivity index (χ0n) is 13.2. The number of nitrogens with zero attached hydrogens (tertiary/aromatic N) is 3. The van der Waals surface area contributed by atoms with Crippen molar-refractivity contribution in [2.45, 2.75) is 24.5 Å². The number of amides is 2. The quantitative estimate of drug-likeness (QED) is 0.684. The number of hydrogen-bond acceptors (Lipinski definition) is 5. The Morgan fingerprint density at radius 2 is 2.08 bits per heavy atom. The number of aromatic nitrogens is 3. The molecular formula is C15H18FN5O2S. The number of benzene rings is 1. The second-order valence-electron chi connectivity index (χ2n) is 5.08. The molecule has 0 atom stereocenters. The van der Waals surface area contributed by atoms with Gasteiger partial charge in [0.1, 0.15) is 11.6 Å². The fourth-order valence-electron chi connectivity index (χ4n) is 1.94. The Labute approximate surface area is 142 Å². The lowest BCUT2D eigenvalue weighted by Crippen LogP contribution is -2.25. The van der Waals surface area contributed by atoms with Gasteiger partial charge in [-0.05, 0) is 6.07 Å². The van der Waals surface area contributed by atoms with Gasteiger partial charge >= 0.3 is 0 Å². The molecule has 2 amide bonds. The summed E-state index contributed by atoms with van der Waals surface area (Å²) in [4.78, 5) is 22.7. The minimum atomic E-state index is -0.403. The van der Waals surface area contributed by atoms with Crippen molar-refractivity contribution in [1.29, 1.82) is 0 Å². The maximum absolute atomic E-state index is 13.5. The summed E-state index contributed by atoms with van der Waals surface area (Å²) in [5.41, 5.74) is 5.54. The van der Waals surface area contributed by atoms with Crippen LogP contribution in [0.3, 0.4) is 0 Å². The van der Waals surface area contributed by atoms with E-state index >= 15 is 0 Å². The van der Waals surface area contributed by atoms with Crippen LogP contribution < -0.4 is 11.1 Å². The third kappa shape index (κ3) is 5.05. The molecule has 2 aromatic rings. The first-order valence-electron chi connectivity index (χ1n) is 7.27. The van der Waals surface area contributed by atoms with E-state index in [1.165, 1.54) is 17.8 Å². The molecule has 0 unspecified atom stereocenters. The number of nitrogens with two attached hydrogens (primary N) is 1. The Bertz CT molecular complexity index is 734. The molecule has 0 aliphatic carbocycles. The van der Waals surface area contributed by atoms with E-state index in [0.717, 1.165) is 0 Å². The summed E-state index contributed by atoms with van der Waals surface area (Å²) >= 11 is 1.22. The Balaban J connectivity index is 1.81. The molecule has 0 bridgehead atoms. The van der Waals surface area contributed by atoms with Crippen LogP contribution in [-0.4, -0.2) is 32.3 Å². The SMILES string of the molecule is Cn1c(CCC(N)=O)nnc1SCC(=O)NCc1ccccc1F. The Morgan fingerprint density at radius 1 is 1.33 bits per heavy atom. The van der Waals surface area contributed by atoms with Crippen molar-refractivity contribution in [2.75, 3.05) is 5.75 Å². The minimum absolute atomic E-state index is 0.134. The number of aryl methyl sites for hydroxylation is 1. The summed E-state index contributed by atoms with van der Waals surface area (Å²) < 4.78 is 15.2. The van der Waals surface area contributed by atoms with Crippen LogP contribution in [0.4, 0.5) is 4.39 Å². The monoisotopic (exact) mass is 351 g/mol. The highest BCUT2D eigenvalue weighted by atomic mass is 32.2. The first-order chi connectivity index (χ1) is 11.5. The van der Waals surface area contributed by atoms with E-state index in [1.807, 2.05) is 0 Å². The van der Waals surface area contributed by atoms with Crippen LogP contribution in [0.5, 0.6) is 0 Å². The maximum atomic E-state index is 13.5. The number of halogens is 1. The van der Waals surface area contributed by atoms with Crippen LogP contribution in [0, 0.1) is 5.82 Å². The molecule has 0 fully saturated rings. The Kier molecular flexibility index (Phi) is 6.30. The van der Waals surface area contributed by atoms with Gasteiger partial charge in [-0.2, -0.15) is 0 Å². The molecule has 0 spiro atoms. The first-order valence-corrected chi connectivity index (χ1v) is 8.25. The highest BCUT2D eigenvalue weighted by Crippen LogP contribution is 2.16. The molecule has 0 aliphatic heterocycles. The average Bonchev–Trinajstić information content (AvgIpc) is 2.90. The van der Waals surface area contributed by atoms with Crippen molar-refractivity contribution in [3.63, 3.8) is 0 Å². The number of thioether (sulfide) groups is 1. The van der Waals surface area contributed by atoms with E-state index in [-0.39, 0.29) is 30.4 Å². The summed E-state index contributed by atoms with van der Waals surface area (Å²) in [6.45, 7) is 0.134. The number of nitrogens with one attached hydrogen (secondary N) is 1. The van der Waals surface area contributed by atoms with Gasteiger partial charge in [0, 0.05) is 32.0 Å². The number of carbonyl (C=O) groups excluding carboxylic acids is 2. The zero-order valence-corrected chi connectivity index (χ0v) is 14.0. The van der Waals surface area contributed by atoms with Gasteiger partial charge in [0.2, 0.25) is 11.8 Å². The largest absolute Gasteiger partial charge is 0.370 e. The molecule has 1 aromatic heterocycles. The minimum Gasteiger partial charge on any atom is -0.370 e. The van der Waals surface area contributed by atoms with Crippen LogP contribution in [-0.2, 0) is 29.6 Å². The third-order valence-electron chi connectivity index (χ3n) is 3.29. The van der Waals surface area contributed by atoms with Crippen molar-refractivity contribution in [2.24, 2.45) is 12.8 Å². The van der Waals surface area contributed by atoms with Crippen molar-refractivity contribution in [3.05, 3.63) is 41.5 Å². The number of rotatable bonds is 8. The van der Waals surface area contributed by atoms with Crippen LogP contribution in [0.2, 0.25) is 0 Å². The van der Waals surface area contributed by atoms with Crippen LogP contribution in [0.25, 0.3) is 0 Å². The normalized spacial score (nSPS) is 10.6. The van der Waals surface area contributed by atoms with Gasteiger partial charge in [-0.1, -0.05) is 30.0 Å². The molecule has 0 radical (unpaired) electrons. The molecule has 1 heterocycles. The van der Waals surface area contributed by atoms with Gasteiger partial charge in [0.15, 0.2) is 5.16 Å². The van der Waals surface area contributed by atoms with Crippen molar-refractivity contribution in [3.8, 4) is 0 Å². The highest BCUT2D eigenvalue weighted by Gasteiger charge is 2.12. The summed E-state index contributed by atoms with van der Waals surface area (Å²) in [6.07, 6.45) is 0.596. The molecule has 128 valence electrons. The van der Waals surface area contributed by atoms with Gasteiger partial charge in [-0.15, -0.1) is 10.2 Å². The second-order valence-corrected chi connectivity index (χ2v) is 6.02. The molecule has 7 nitrogen and oxygen atoms in total. The van der Waals surface area contributed by atoms with Gasteiger partial charge < -0.3 is 15.6 Å². The Hall–Kier alpha value is -2.42. The first kappa shape index (κ1) is 17.9. The molecule has 9 heteroatoms. The molecule has 24 heavy (non-hydrogen) atoms. The summed E-state index contributed by atoms with van der Waals surface area (Å²) in [5, 5.41) is 11.2. The molecule has 1 aromatic carbocycles. The smallest absolute Gasteiger partial charge is 0.230 e. The van der Waals surface area contributed by atoms with E-state index in [2.05, 4.69) is 15.5 Å². The topological polar surface area (TPSA) is 103 Å². The lowest BCUT2D eigenvalue weighted by Gasteiger charge is -2.06. The maximum Gasteiger partial charge on any atom is 0.230 e. The van der Waals surface area contributed by atoms with E-state index in [9.17, 15) is 14.0 Å². The van der Waals surface area contributed by atoms with Crippen molar-refractivity contribution in [1.82, 2.24) is 20.1 Å². The molecule has 0 aliphatic rings. The second kappa shape index (κ2) is 8.44. The fourth-order valence-corrected chi connectivity index (χ4v) is 2.70. The van der Waals surface area contributed by atoms with Gasteiger partial charge in [0.05, 0.1) is 5.75 Å². The number of carbonyl (C=O) groups is 2. The predicted octanol–water partition coefficient (Wildman–Crippen LogP) is 0.781. The van der Waals surface area contributed by atoms with Gasteiger partial charge in [-0.25, -0.2) is 4.39 Å². The zero-order chi connectivity index (χ0) is 17.5. The number of primary amides is 1. The van der Waals surface area contributed by atoms with Crippen molar-refractivity contribution >= 4 is 23.6 Å². The van der Waals surface area contributed by atoms with Crippen LogP contribution in [0.1, 0.15) is 17.8 Å². The lowest BCUT2D eigenvalue weighted by atomic mass is 10.2. The van der Waals surface area contributed by atoms with E-state index in [1.54, 1.807) is 29.8 Å². The molecule has 0 saturated carbocycles. The van der Waals surface area contributed by atoms with E-state index in [0.29, 0.717) is 23.0 Å². The third-order valence-corrected chi connectivity index (χ3v) is 4.31. The Morgan fingerprint density at radius 3 is 2.79 bits per heavy atom. The summed E-state index contributed by atoms with van der Waals surface area (Å²) in [6, 6.07) is 6.28. The average molecular weight is 351 g/mol. The van der Waals surface area contributed by atoms with Gasteiger partial charge in [0.25, 0.3) is 0 Å². The highest BCUT2D eigenvalue weighted by molar-refractivity contribution is 7.99. The molecule has 3 N–H and O–H groups in total. The molecule has 0 saturated heterocycles. The lowest BCUT2D eigenvalue weighted by molar-refractivity contribution is -0.119. The number of hydrogen-bond donors (Lipinski definition) is 2. The van der Waals surface area contributed by atoms with E-state index in [4.69, 9.17) is 5.73 Å². The van der Waals surface area contributed by atoms with Crippen LogP contribution >= 0.6 is 11.8 Å². The molecule has 2 rings (SSSR count).